The highest BCUT2D eigenvalue weighted by atomic mass is 16.5. The number of amides is 1. The minimum atomic E-state index is -0.594. The number of para-hydroxylation sites is 1. The number of hydrogen-bond acceptors (Lipinski definition) is 5. The number of rotatable bonds is 8. The van der Waals surface area contributed by atoms with Gasteiger partial charge in [0.25, 0.3) is 5.91 Å². The molecule has 0 radical (unpaired) electrons. The first kappa shape index (κ1) is 18.5. The zero-order chi connectivity index (χ0) is 18.1. The average molecular weight is 342 g/mol. The van der Waals surface area contributed by atoms with Gasteiger partial charge < -0.3 is 20.5 Å². The second kappa shape index (κ2) is 9.44. The molecule has 132 valence electrons. The van der Waals surface area contributed by atoms with Gasteiger partial charge in [0.2, 0.25) is 0 Å². The molecule has 0 unspecified atom stereocenters. The van der Waals surface area contributed by atoms with E-state index in [2.05, 4.69) is 10.6 Å². The standard InChI is InChI=1S/C19H22N2O4/c1-14(15-7-3-2-4-8-15)21-18(23)13-25-19(24)16-9-5-6-10-17(16)20-11-12-22/h2-10,14,20,22H,11-13H2,1H3,(H,21,23)/t14-/m0/s1. The van der Waals surface area contributed by atoms with Crippen LogP contribution < -0.4 is 10.6 Å². The summed E-state index contributed by atoms with van der Waals surface area (Å²) >= 11 is 0. The molecular formula is C19H22N2O4. The second-order valence-corrected chi connectivity index (χ2v) is 5.47. The number of hydrogen-bond donors (Lipinski definition) is 3. The van der Waals surface area contributed by atoms with Crippen LogP contribution in [0.5, 0.6) is 0 Å². The average Bonchev–Trinajstić information content (AvgIpc) is 2.65. The first-order valence-corrected chi connectivity index (χ1v) is 8.07. The lowest BCUT2D eigenvalue weighted by atomic mass is 10.1. The van der Waals surface area contributed by atoms with Crippen molar-refractivity contribution in [3.8, 4) is 0 Å². The van der Waals surface area contributed by atoms with Gasteiger partial charge in [0, 0.05) is 12.2 Å². The van der Waals surface area contributed by atoms with Crippen LogP contribution in [-0.2, 0) is 9.53 Å². The van der Waals surface area contributed by atoms with Crippen LogP contribution >= 0.6 is 0 Å². The molecular weight excluding hydrogens is 320 g/mol. The van der Waals surface area contributed by atoms with E-state index in [9.17, 15) is 9.59 Å². The van der Waals surface area contributed by atoms with Crippen molar-refractivity contribution < 1.29 is 19.4 Å². The van der Waals surface area contributed by atoms with Crippen molar-refractivity contribution in [2.24, 2.45) is 0 Å². The van der Waals surface area contributed by atoms with Crippen LogP contribution in [0.1, 0.15) is 28.9 Å². The predicted octanol–water partition coefficient (Wildman–Crippen LogP) is 2.12. The Labute approximate surface area is 146 Å². The molecule has 0 heterocycles. The Kier molecular flexibility index (Phi) is 6.98. The monoisotopic (exact) mass is 342 g/mol. The minimum absolute atomic E-state index is 0.0524. The summed E-state index contributed by atoms with van der Waals surface area (Å²) in [6.45, 7) is 1.77. The molecule has 2 aromatic rings. The van der Waals surface area contributed by atoms with Gasteiger partial charge in [-0.15, -0.1) is 0 Å². The molecule has 0 aliphatic heterocycles. The number of benzene rings is 2. The number of carbonyl (C=O) groups excluding carboxylic acids is 2. The topological polar surface area (TPSA) is 87.7 Å². The zero-order valence-corrected chi connectivity index (χ0v) is 14.1. The van der Waals surface area contributed by atoms with Crippen molar-refractivity contribution in [1.29, 1.82) is 0 Å². The fourth-order valence-corrected chi connectivity index (χ4v) is 2.32. The van der Waals surface area contributed by atoms with E-state index in [-0.39, 0.29) is 25.2 Å². The molecule has 0 saturated carbocycles. The van der Waals surface area contributed by atoms with Crippen LogP contribution in [0.15, 0.2) is 54.6 Å². The number of aliphatic hydroxyl groups is 1. The van der Waals surface area contributed by atoms with E-state index >= 15 is 0 Å². The van der Waals surface area contributed by atoms with Gasteiger partial charge in [-0.25, -0.2) is 4.79 Å². The molecule has 25 heavy (non-hydrogen) atoms. The highest BCUT2D eigenvalue weighted by molar-refractivity contribution is 5.96. The predicted molar refractivity (Wildman–Crippen MR) is 95.3 cm³/mol. The minimum Gasteiger partial charge on any atom is -0.452 e. The number of ether oxygens (including phenoxy) is 1. The Morgan fingerprint density at radius 3 is 2.48 bits per heavy atom. The number of aliphatic hydroxyl groups excluding tert-OH is 1. The summed E-state index contributed by atoms with van der Waals surface area (Å²) in [7, 11) is 0. The Morgan fingerprint density at radius 1 is 1.08 bits per heavy atom. The van der Waals surface area contributed by atoms with Gasteiger partial charge in [-0.2, -0.15) is 0 Å². The van der Waals surface area contributed by atoms with E-state index in [1.807, 2.05) is 37.3 Å². The maximum absolute atomic E-state index is 12.2. The molecule has 0 aliphatic carbocycles. The SMILES string of the molecule is C[C@H](NC(=O)COC(=O)c1ccccc1NCCO)c1ccccc1. The molecule has 1 amide bonds. The van der Waals surface area contributed by atoms with Crippen LogP contribution in [0.3, 0.4) is 0 Å². The van der Waals surface area contributed by atoms with Crippen molar-refractivity contribution in [3.63, 3.8) is 0 Å². The highest BCUT2D eigenvalue weighted by Gasteiger charge is 2.15. The van der Waals surface area contributed by atoms with E-state index in [4.69, 9.17) is 9.84 Å². The van der Waals surface area contributed by atoms with E-state index in [1.165, 1.54) is 0 Å². The lowest BCUT2D eigenvalue weighted by Crippen LogP contribution is -2.31. The van der Waals surface area contributed by atoms with Crippen LogP contribution in [0.4, 0.5) is 5.69 Å². The van der Waals surface area contributed by atoms with Crippen molar-refractivity contribution >= 4 is 17.6 Å². The van der Waals surface area contributed by atoms with Crippen LogP contribution in [-0.4, -0.2) is 36.7 Å². The van der Waals surface area contributed by atoms with Crippen LogP contribution in [0, 0.1) is 0 Å². The summed E-state index contributed by atoms with van der Waals surface area (Å²) in [5.74, 6) is -0.964. The second-order valence-electron chi connectivity index (χ2n) is 5.47. The Morgan fingerprint density at radius 2 is 1.76 bits per heavy atom. The fraction of sp³-hybridized carbons (Fsp3) is 0.263. The Bertz CT molecular complexity index is 704. The molecule has 6 nitrogen and oxygen atoms in total. The van der Waals surface area contributed by atoms with Crippen LogP contribution in [0.25, 0.3) is 0 Å². The quantitative estimate of drug-likeness (QED) is 0.640. The van der Waals surface area contributed by atoms with E-state index in [0.717, 1.165) is 5.56 Å². The van der Waals surface area contributed by atoms with Crippen molar-refractivity contribution in [1.82, 2.24) is 5.32 Å². The van der Waals surface area contributed by atoms with Crippen LogP contribution in [0.2, 0.25) is 0 Å². The summed E-state index contributed by atoms with van der Waals surface area (Å²) in [6.07, 6.45) is 0. The first-order valence-electron chi connectivity index (χ1n) is 8.07. The zero-order valence-electron chi connectivity index (χ0n) is 14.1. The van der Waals surface area contributed by atoms with E-state index < -0.39 is 5.97 Å². The molecule has 2 aromatic carbocycles. The molecule has 0 bridgehead atoms. The summed E-state index contributed by atoms with van der Waals surface area (Å²) in [4.78, 5) is 24.2. The smallest absolute Gasteiger partial charge is 0.340 e. The number of anilines is 1. The maximum atomic E-state index is 12.2. The van der Waals surface area contributed by atoms with Crippen molar-refractivity contribution in [2.75, 3.05) is 25.1 Å². The third-order valence-electron chi connectivity index (χ3n) is 3.59. The first-order chi connectivity index (χ1) is 12.1. The summed E-state index contributed by atoms with van der Waals surface area (Å²) in [5, 5.41) is 14.6. The fourth-order valence-electron chi connectivity index (χ4n) is 2.32. The van der Waals surface area contributed by atoms with Gasteiger partial charge in [-0.1, -0.05) is 42.5 Å². The number of nitrogens with one attached hydrogen (secondary N) is 2. The molecule has 0 aliphatic rings. The highest BCUT2D eigenvalue weighted by Crippen LogP contribution is 2.16. The van der Waals surface area contributed by atoms with Gasteiger partial charge in [-0.3, -0.25) is 4.79 Å². The van der Waals surface area contributed by atoms with E-state index in [1.54, 1.807) is 24.3 Å². The van der Waals surface area contributed by atoms with Crippen molar-refractivity contribution in [3.05, 3.63) is 65.7 Å². The van der Waals surface area contributed by atoms with Gasteiger partial charge >= 0.3 is 5.97 Å². The summed E-state index contributed by atoms with van der Waals surface area (Å²) in [6, 6.07) is 16.1. The maximum Gasteiger partial charge on any atom is 0.340 e. The van der Waals surface area contributed by atoms with Gasteiger partial charge in [0.15, 0.2) is 6.61 Å². The van der Waals surface area contributed by atoms with Gasteiger partial charge in [0.1, 0.15) is 0 Å². The Hall–Kier alpha value is -2.86. The molecule has 3 N–H and O–H groups in total. The van der Waals surface area contributed by atoms with Gasteiger partial charge in [0.05, 0.1) is 18.2 Å². The third-order valence-corrected chi connectivity index (χ3v) is 3.59. The summed E-state index contributed by atoms with van der Waals surface area (Å²) < 4.78 is 5.09. The number of carbonyl (C=O) groups is 2. The summed E-state index contributed by atoms with van der Waals surface area (Å²) in [5.41, 5.74) is 1.85. The lowest BCUT2D eigenvalue weighted by Gasteiger charge is -2.15. The molecule has 6 heteroatoms. The normalized spacial score (nSPS) is 11.4. The largest absolute Gasteiger partial charge is 0.452 e. The number of esters is 1. The lowest BCUT2D eigenvalue weighted by molar-refractivity contribution is -0.124. The third kappa shape index (κ3) is 5.61. The van der Waals surface area contributed by atoms with E-state index in [0.29, 0.717) is 17.8 Å². The Balaban J connectivity index is 1.88. The molecule has 0 spiro atoms. The van der Waals surface area contributed by atoms with Crippen molar-refractivity contribution in [2.45, 2.75) is 13.0 Å². The van der Waals surface area contributed by atoms with Gasteiger partial charge in [-0.05, 0) is 24.6 Å². The molecule has 2 rings (SSSR count). The molecule has 0 fully saturated rings. The molecule has 1 atom stereocenters. The molecule has 0 saturated heterocycles. The molecule has 0 aromatic heterocycles.